The normalized spacial score (nSPS) is 13.9. The van der Waals surface area contributed by atoms with Gasteiger partial charge in [-0.1, -0.05) is 0 Å². The van der Waals surface area contributed by atoms with E-state index in [0.717, 1.165) is 7.11 Å². The van der Waals surface area contributed by atoms with Gasteiger partial charge in [-0.15, -0.1) is 0 Å². The van der Waals surface area contributed by atoms with Crippen molar-refractivity contribution in [3.8, 4) is 0 Å². The Morgan fingerprint density at radius 2 is 1.58 bits per heavy atom. The fourth-order valence-corrected chi connectivity index (χ4v) is 0.861. The molecule has 1 atom stereocenters. The first-order valence-corrected chi connectivity index (χ1v) is 4.31. The van der Waals surface area contributed by atoms with Crippen LogP contribution in [0.3, 0.4) is 0 Å². The molecular formula is C8H7F7O4. The van der Waals surface area contributed by atoms with E-state index in [1.54, 1.807) is 0 Å². The molecule has 0 aliphatic heterocycles. The van der Waals surface area contributed by atoms with E-state index in [1.165, 1.54) is 0 Å². The minimum atomic E-state index is -6.00. The number of allylic oxidation sites excluding steroid dienone is 1. The Morgan fingerprint density at radius 1 is 1.16 bits per heavy atom. The molecule has 0 aliphatic rings. The Labute approximate surface area is 101 Å². The van der Waals surface area contributed by atoms with Gasteiger partial charge in [0.1, 0.15) is 12.4 Å². The molecule has 0 aromatic heterocycles. The summed E-state index contributed by atoms with van der Waals surface area (Å²) < 4.78 is 92.4. The van der Waals surface area contributed by atoms with Crippen LogP contribution in [0.1, 0.15) is 0 Å². The van der Waals surface area contributed by atoms with Gasteiger partial charge in [0.05, 0.1) is 7.11 Å². The Kier molecular flexibility index (Phi) is 5.75. The van der Waals surface area contributed by atoms with Gasteiger partial charge in [0.25, 0.3) is 6.29 Å². The van der Waals surface area contributed by atoms with Crippen molar-refractivity contribution in [2.45, 2.75) is 18.6 Å². The lowest BCUT2D eigenvalue weighted by Gasteiger charge is -2.16. The van der Waals surface area contributed by atoms with Gasteiger partial charge in [0, 0.05) is 0 Å². The second-order valence-corrected chi connectivity index (χ2v) is 2.96. The van der Waals surface area contributed by atoms with Crippen LogP contribution in [0.25, 0.3) is 0 Å². The smallest absolute Gasteiger partial charge is 0.423 e. The maximum atomic E-state index is 12.8. The topological polar surface area (TPSA) is 55.8 Å². The zero-order valence-corrected chi connectivity index (χ0v) is 9.10. The van der Waals surface area contributed by atoms with E-state index < -0.39 is 42.6 Å². The maximum absolute atomic E-state index is 12.8. The fraction of sp³-hybridized carbons (Fsp3) is 0.625. The zero-order chi connectivity index (χ0) is 15.4. The largest absolute Gasteiger partial charge is 0.465 e. The number of hydrogen-bond donors (Lipinski definition) is 1. The molecule has 0 aromatic carbocycles. The summed E-state index contributed by atoms with van der Waals surface area (Å²) in [5.41, 5.74) is -3.41. The second kappa shape index (κ2) is 6.19. The van der Waals surface area contributed by atoms with Crippen LogP contribution in [0, 0.1) is 0 Å². The van der Waals surface area contributed by atoms with Crippen LogP contribution >= 0.6 is 0 Å². The predicted molar refractivity (Wildman–Crippen MR) is 44.2 cm³/mol. The fourth-order valence-electron chi connectivity index (χ4n) is 0.861. The van der Waals surface area contributed by atoms with E-state index in [4.69, 9.17) is 5.11 Å². The summed E-state index contributed by atoms with van der Waals surface area (Å²) in [5.74, 6) is -4.23. The molecule has 0 saturated heterocycles. The van der Waals surface area contributed by atoms with E-state index in [0.29, 0.717) is 0 Å². The summed E-state index contributed by atoms with van der Waals surface area (Å²) in [6, 6.07) is 0. The number of methoxy groups -OCH3 is 1. The first-order valence-electron chi connectivity index (χ1n) is 4.31. The molecule has 11 heteroatoms. The van der Waals surface area contributed by atoms with Gasteiger partial charge in [-0.3, -0.25) is 0 Å². The molecule has 0 spiro atoms. The zero-order valence-electron chi connectivity index (χ0n) is 9.10. The first-order chi connectivity index (χ1) is 8.41. The highest BCUT2D eigenvalue weighted by molar-refractivity contribution is 5.72. The van der Waals surface area contributed by atoms with Crippen molar-refractivity contribution in [2.75, 3.05) is 13.7 Å². The summed E-state index contributed by atoms with van der Waals surface area (Å²) in [7, 11) is 0.762. The monoisotopic (exact) mass is 300 g/mol. The standard InChI is InChI=1S/C8H7F7O4/c1-18-5(16)6(17)19-2-3(9)4(7(10,11)12)8(13,14)15/h6,17H,2H2,1H3. The molecule has 0 fully saturated rings. The molecule has 19 heavy (non-hydrogen) atoms. The number of alkyl halides is 6. The Hall–Kier alpha value is -1.36. The van der Waals surface area contributed by atoms with Crippen LogP contribution in [0.5, 0.6) is 0 Å². The third kappa shape index (κ3) is 5.42. The summed E-state index contributed by atoms with van der Waals surface area (Å²) in [6.45, 7) is -1.90. The van der Waals surface area contributed by atoms with Crippen molar-refractivity contribution in [3.63, 3.8) is 0 Å². The second-order valence-electron chi connectivity index (χ2n) is 2.96. The molecule has 112 valence electrons. The molecule has 1 unspecified atom stereocenters. The van der Waals surface area contributed by atoms with Gasteiger partial charge in [0.15, 0.2) is 5.57 Å². The van der Waals surface area contributed by atoms with Gasteiger partial charge in [-0.25, -0.2) is 9.18 Å². The predicted octanol–water partition coefficient (Wildman–Crippen LogP) is 1.84. The van der Waals surface area contributed by atoms with Gasteiger partial charge in [-0.05, 0) is 0 Å². The van der Waals surface area contributed by atoms with Crippen LogP contribution in [0.2, 0.25) is 0 Å². The number of esters is 1. The van der Waals surface area contributed by atoms with Crippen LogP contribution in [-0.2, 0) is 14.3 Å². The SMILES string of the molecule is COC(=O)C(O)OCC(F)=C(C(F)(F)F)C(F)(F)F. The summed E-state index contributed by atoms with van der Waals surface area (Å²) in [4.78, 5) is 10.5. The Balaban J connectivity index is 5.04. The third-order valence-corrected chi connectivity index (χ3v) is 1.61. The molecule has 0 aromatic rings. The van der Waals surface area contributed by atoms with Crippen molar-refractivity contribution in [3.05, 3.63) is 11.4 Å². The lowest BCUT2D eigenvalue weighted by molar-refractivity contribution is -0.183. The number of hydrogen-bond acceptors (Lipinski definition) is 4. The van der Waals surface area contributed by atoms with E-state index >= 15 is 0 Å². The minimum Gasteiger partial charge on any atom is -0.465 e. The highest BCUT2D eigenvalue weighted by atomic mass is 19.4. The summed E-state index contributed by atoms with van der Waals surface area (Å²) in [6.07, 6.45) is -14.5. The lowest BCUT2D eigenvalue weighted by Crippen LogP contribution is -2.30. The molecule has 4 nitrogen and oxygen atoms in total. The molecular weight excluding hydrogens is 293 g/mol. The van der Waals surface area contributed by atoms with Crippen LogP contribution in [0.15, 0.2) is 11.4 Å². The van der Waals surface area contributed by atoms with Crippen LogP contribution in [-0.4, -0.2) is 43.4 Å². The molecule has 0 rings (SSSR count). The molecule has 0 saturated carbocycles. The number of carbonyl (C=O) groups excluding carboxylic acids is 1. The molecule has 0 amide bonds. The van der Waals surface area contributed by atoms with Gasteiger partial charge >= 0.3 is 18.3 Å². The number of rotatable bonds is 4. The molecule has 0 bridgehead atoms. The van der Waals surface area contributed by atoms with Crippen molar-refractivity contribution in [1.82, 2.24) is 0 Å². The van der Waals surface area contributed by atoms with E-state index in [1.807, 2.05) is 0 Å². The maximum Gasteiger partial charge on any atom is 0.423 e. The minimum absolute atomic E-state index is 0.762. The van der Waals surface area contributed by atoms with Gasteiger partial charge in [-0.2, -0.15) is 26.3 Å². The van der Waals surface area contributed by atoms with Crippen molar-refractivity contribution in [1.29, 1.82) is 0 Å². The number of aliphatic hydroxyl groups is 1. The number of carbonyl (C=O) groups is 1. The van der Waals surface area contributed by atoms with E-state index in [2.05, 4.69) is 9.47 Å². The quantitative estimate of drug-likeness (QED) is 0.489. The van der Waals surface area contributed by atoms with Crippen molar-refractivity contribution >= 4 is 5.97 Å². The number of ether oxygens (including phenoxy) is 2. The Morgan fingerprint density at radius 3 is 1.89 bits per heavy atom. The van der Waals surface area contributed by atoms with Crippen molar-refractivity contribution < 1.29 is 50.1 Å². The average molecular weight is 300 g/mol. The first kappa shape index (κ1) is 17.6. The lowest BCUT2D eigenvalue weighted by atomic mass is 10.2. The highest BCUT2D eigenvalue weighted by Crippen LogP contribution is 2.41. The average Bonchev–Trinajstić information content (AvgIpc) is 2.20. The molecule has 1 N–H and O–H groups in total. The molecule has 0 radical (unpaired) electrons. The van der Waals surface area contributed by atoms with E-state index in [9.17, 15) is 35.5 Å². The third-order valence-electron chi connectivity index (χ3n) is 1.61. The van der Waals surface area contributed by atoms with E-state index in [-0.39, 0.29) is 0 Å². The van der Waals surface area contributed by atoms with Crippen LogP contribution < -0.4 is 0 Å². The van der Waals surface area contributed by atoms with Gasteiger partial charge in [0.2, 0.25) is 0 Å². The summed E-state index contributed by atoms with van der Waals surface area (Å²) >= 11 is 0. The molecule has 0 aliphatic carbocycles. The highest BCUT2D eigenvalue weighted by Gasteiger charge is 2.53. The summed E-state index contributed by atoms with van der Waals surface area (Å²) in [5, 5.41) is 8.71. The number of halogens is 7. The Bertz CT molecular complexity index is 341. The van der Waals surface area contributed by atoms with Crippen LogP contribution in [0.4, 0.5) is 30.7 Å². The van der Waals surface area contributed by atoms with Gasteiger partial charge < -0.3 is 14.6 Å². The molecule has 0 heterocycles. The number of aliphatic hydroxyl groups excluding tert-OH is 1. The van der Waals surface area contributed by atoms with Crippen molar-refractivity contribution in [2.24, 2.45) is 0 Å².